The molecular formula is C20H25N3O4. The normalized spacial score (nSPS) is 10.1. The molecule has 27 heavy (non-hydrogen) atoms. The van der Waals surface area contributed by atoms with E-state index in [0.29, 0.717) is 31.0 Å². The van der Waals surface area contributed by atoms with Gasteiger partial charge in [-0.3, -0.25) is 9.59 Å². The number of anilines is 2. The van der Waals surface area contributed by atoms with Gasteiger partial charge in [0.05, 0.1) is 13.2 Å². The summed E-state index contributed by atoms with van der Waals surface area (Å²) in [5, 5.41) is 8.55. The molecule has 0 aliphatic rings. The molecule has 2 rings (SSSR count). The second-order valence-corrected chi connectivity index (χ2v) is 5.71. The van der Waals surface area contributed by atoms with Gasteiger partial charge in [-0.15, -0.1) is 0 Å². The van der Waals surface area contributed by atoms with E-state index in [2.05, 4.69) is 16.0 Å². The monoisotopic (exact) mass is 371 g/mol. The predicted octanol–water partition coefficient (Wildman–Crippen LogP) is 2.51. The van der Waals surface area contributed by atoms with Gasteiger partial charge in [-0.1, -0.05) is 6.07 Å². The third-order valence-electron chi connectivity index (χ3n) is 3.61. The molecule has 0 saturated heterocycles. The van der Waals surface area contributed by atoms with Crippen molar-refractivity contribution in [1.29, 1.82) is 0 Å². The van der Waals surface area contributed by atoms with E-state index in [1.165, 1.54) is 0 Å². The summed E-state index contributed by atoms with van der Waals surface area (Å²) in [7, 11) is 1.62. The zero-order chi connectivity index (χ0) is 19.5. The summed E-state index contributed by atoms with van der Waals surface area (Å²) in [6.07, 6.45) is 0. The van der Waals surface area contributed by atoms with Gasteiger partial charge in [0.1, 0.15) is 12.4 Å². The molecule has 7 nitrogen and oxygen atoms in total. The Hall–Kier alpha value is -3.06. The fourth-order valence-electron chi connectivity index (χ4n) is 2.30. The van der Waals surface area contributed by atoms with Crippen LogP contribution in [0, 0.1) is 0 Å². The molecule has 2 aromatic rings. The van der Waals surface area contributed by atoms with Crippen LogP contribution in [0.2, 0.25) is 0 Å². The van der Waals surface area contributed by atoms with E-state index >= 15 is 0 Å². The van der Waals surface area contributed by atoms with Crippen molar-refractivity contribution in [2.45, 2.75) is 6.92 Å². The third kappa shape index (κ3) is 6.99. The van der Waals surface area contributed by atoms with E-state index in [-0.39, 0.29) is 18.4 Å². The Morgan fingerprint density at radius 2 is 1.78 bits per heavy atom. The summed E-state index contributed by atoms with van der Waals surface area (Å²) in [5.41, 5.74) is 1.89. The quantitative estimate of drug-likeness (QED) is 0.559. The molecule has 0 radical (unpaired) electrons. The number of methoxy groups -OCH3 is 1. The van der Waals surface area contributed by atoms with Gasteiger partial charge in [0.15, 0.2) is 0 Å². The van der Waals surface area contributed by atoms with Gasteiger partial charge < -0.3 is 25.4 Å². The van der Waals surface area contributed by atoms with Crippen molar-refractivity contribution in [3.05, 3.63) is 54.1 Å². The SMILES string of the molecule is CCNC(=O)c1cccc(NC(=O)CNc2ccc(OCCOC)cc2)c1. The van der Waals surface area contributed by atoms with Crippen LogP contribution in [0.3, 0.4) is 0 Å². The molecule has 0 saturated carbocycles. The molecule has 0 bridgehead atoms. The maximum Gasteiger partial charge on any atom is 0.251 e. The Bertz CT molecular complexity index is 747. The lowest BCUT2D eigenvalue weighted by atomic mass is 10.2. The Morgan fingerprint density at radius 3 is 2.48 bits per heavy atom. The summed E-state index contributed by atoms with van der Waals surface area (Å²) in [5.74, 6) is 0.368. The molecule has 3 N–H and O–H groups in total. The van der Waals surface area contributed by atoms with Crippen LogP contribution >= 0.6 is 0 Å². The molecule has 0 unspecified atom stereocenters. The standard InChI is InChI=1S/C20H25N3O4/c1-3-21-20(25)15-5-4-6-17(13-15)23-19(24)14-22-16-7-9-18(10-8-16)27-12-11-26-2/h4-10,13,22H,3,11-12,14H2,1-2H3,(H,21,25)(H,23,24). The van der Waals surface area contributed by atoms with Crippen LogP contribution in [0.15, 0.2) is 48.5 Å². The van der Waals surface area contributed by atoms with Crippen molar-refractivity contribution in [3.63, 3.8) is 0 Å². The van der Waals surface area contributed by atoms with Crippen LogP contribution in [-0.2, 0) is 9.53 Å². The minimum Gasteiger partial charge on any atom is -0.491 e. The highest BCUT2D eigenvalue weighted by Gasteiger charge is 2.07. The lowest BCUT2D eigenvalue weighted by Crippen LogP contribution is -2.24. The Morgan fingerprint density at radius 1 is 1.00 bits per heavy atom. The van der Waals surface area contributed by atoms with Crippen molar-refractivity contribution in [2.75, 3.05) is 44.0 Å². The zero-order valence-electron chi connectivity index (χ0n) is 15.6. The number of carbonyl (C=O) groups is 2. The Balaban J connectivity index is 1.82. The highest BCUT2D eigenvalue weighted by atomic mass is 16.5. The largest absolute Gasteiger partial charge is 0.491 e. The van der Waals surface area contributed by atoms with E-state index in [9.17, 15) is 9.59 Å². The van der Waals surface area contributed by atoms with Gasteiger partial charge in [-0.25, -0.2) is 0 Å². The molecule has 0 aliphatic heterocycles. The maximum atomic E-state index is 12.1. The first kappa shape index (κ1) is 20.3. The predicted molar refractivity (Wildman–Crippen MR) is 105 cm³/mol. The molecular weight excluding hydrogens is 346 g/mol. The lowest BCUT2D eigenvalue weighted by Gasteiger charge is -2.10. The second kappa shape index (κ2) is 10.8. The number of carbonyl (C=O) groups excluding carboxylic acids is 2. The summed E-state index contributed by atoms with van der Waals surface area (Å²) < 4.78 is 10.4. The van der Waals surface area contributed by atoms with E-state index in [4.69, 9.17) is 9.47 Å². The molecule has 2 amide bonds. The highest BCUT2D eigenvalue weighted by Crippen LogP contribution is 2.16. The zero-order valence-corrected chi connectivity index (χ0v) is 15.6. The van der Waals surface area contributed by atoms with Gasteiger partial charge in [0.25, 0.3) is 5.91 Å². The van der Waals surface area contributed by atoms with E-state index in [0.717, 1.165) is 11.4 Å². The minimum absolute atomic E-state index is 0.106. The molecule has 2 aromatic carbocycles. The highest BCUT2D eigenvalue weighted by molar-refractivity contribution is 5.98. The Labute approximate surface area is 159 Å². The number of nitrogens with one attached hydrogen (secondary N) is 3. The number of ether oxygens (including phenoxy) is 2. The van der Waals surface area contributed by atoms with Gasteiger partial charge in [0.2, 0.25) is 5.91 Å². The first-order chi connectivity index (χ1) is 13.1. The van der Waals surface area contributed by atoms with Gasteiger partial charge in [-0.05, 0) is 49.4 Å². The summed E-state index contributed by atoms with van der Waals surface area (Å²) >= 11 is 0. The van der Waals surface area contributed by atoms with Gasteiger partial charge in [0, 0.05) is 30.6 Å². The molecule has 144 valence electrons. The molecule has 0 aromatic heterocycles. The number of hydrogen-bond donors (Lipinski definition) is 3. The minimum atomic E-state index is -0.205. The van der Waals surface area contributed by atoms with Crippen LogP contribution in [-0.4, -0.2) is 45.2 Å². The van der Waals surface area contributed by atoms with Crippen molar-refractivity contribution in [1.82, 2.24) is 5.32 Å². The molecule has 0 heterocycles. The van der Waals surface area contributed by atoms with Crippen molar-refractivity contribution in [2.24, 2.45) is 0 Å². The molecule has 0 fully saturated rings. The first-order valence-electron chi connectivity index (χ1n) is 8.76. The number of rotatable bonds is 10. The topological polar surface area (TPSA) is 88.7 Å². The van der Waals surface area contributed by atoms with Crippen LogP contribution < -0.4 is 20.7 Å². The fourth-order valence-corrected chi connectivity index (χ4v) is 2.30. The van der Waals surface area contributed by atoms with Crippen LogP contribution in [0.4, 0.5) is 11.4 Å². The summed E-state index contributed by atoms with van der Waals surface area (Å²) in [6.45, 7) is 3.53. The van der Waals surface area contributed by atoms with E-state index < -0.39 is 0 Å². The summed E-state index contributed by atoms with van der Waals surface area (Å²) in [4.78, 5) is 24.0. The van der Waals surface area contributed by atoms with Crippen molar-refractivity contribution < 1.29 is 19.1 Å². The molecule has 7 heteroatoms. The molecule has 0 spiro atoms. The van der Waals surface area contributed by atoms with Crippen LogP contribution in [0.1, 0.15) is 17.3 Å². The van der Waals surface area contributed by atoms with Gasteiger partial charge in [-0.2, -0.15) is 0 Å². The fraction of sp³-hybridized carbons (Fsp3) is 0.300. The summed E-state index contributed by atoms with van der Waals surface area (Å²) in [6, 6.07) is 14.2. The number of benzene rings is 2. The number of hydrogen-bond acceptors (Lipinski definition) is 5. The first-order valence-corrected chi connectivity index (χ1v) is 8.76. The van der Waals surface area contributed by atoms with Gasteiger partial charge >= 0.3 is 0 Å². The third-order valence-corrected chi connectivity index (χ3v) is 3.61. The maximum absolute atomic E-state index is 12.1. The second-order valence-electron chi connectivity index (χ2n) is 5.71. The van der Waals surface area contributed by atoms with E-state index in [1.807, 2.05) is 31.2 Å². The van der Waals surface area contributed by atoms with Crippen LogP contribution in [0.25, 0.3) is 0 Å². The lowest BCUT2D eigenvalue weighted by molar-refractivity contribution is -0.114. The molecule has 0 atom stereocenters. The van der Waals surface area contributed by atoms with Crippen molar-refractivity contribution in [3.8, 4) is 5.75 Å². The van der Waals surface area contributed by atoms with E-state index in [1.54, 1.807) is 31.4 Å². The Kier molecular flexibility index (Phi) is 8.12. The van der Waals surface area contributed by atoms with Crippen LogP contribution in [0.5, 0.6) is 5.75 Å². The average molecular weight is 371 g/mol. The smallest absolute Gasteiger partial charge is 0.251 e. The molecule has 0 aliphatic carbocycles. The van der Waals surface area contributed by atoms with Crippen molar-refractivity contribution >= 4 is 23.2 Å². The number of amides is 2. The average Bonchev–Trinajstić information content (AvgIpc) is 2.68.